The minimum Gasteiger partial charge on any atom is -0.545 e. The monoisotopic (exact) mass is 1190 g/mol. The number of quaternary nitrogens is 1. The highest BCUT2D eigenvalue weighted by atomic mass is 16.7. The van der Waals surface area contributed by atoms with Crippen LogP contribution in [0.15, 0.2) is 97.2 Å². The third-order valence-electron chi connectivity index (χ3n) is 15.3. The van der Waals surface area contributed by atoms with E-state index in [-0.39, 0.29) is 32.2 Å². The summed E-state index contributed by atoms with van der Waals surface area (Å²) in [5.41, 5.74) is 0. The number of rotatable bonds is 65. The predicted molar refractivity (Wildman–Crippen MR) is 361 cm³/mol. The minimum absolute atomic E-state index is 0.147. The molecule has 0 saturated heterocycles. The van der Waals surface area contributed by atoms with Crippen LogP contribution in [0.1, 0.15) is 309 Å². The van der Waals surface area contributed by atoms with Crippen molar-refractivity contribution in [1.82, 2.24) is 0 Å². The van der Waals surface area contributed by atoms with Crippen molar-refractivity contribution < 1.29 is 42.9 Å². The number of ether oxygens (including phenoxy) is 4. The van der Waals surface area contributed by atoms with Crippen molar-refractivity contribution >= 4 is 17.9 Å². The van der Waals surface area contributed by atoms with Crippen LogP contribution in [0.4, 0.5) is 0 Å². The number of hydrogen-bond donors (Lipinski definition) is 0. The van der Waals surface area contributed by atoms with Crippen molar-refractivity contribution in [2.45, 2.75) is 322 Å². The standard InChI is InChI=1S/C76H133NO8/c1-6-8-10-12-14-16-18-20-22-24-26-28-29-30-31-32-33-34-35-36-37-38-39-40-41-42-43-44-45-47-49-51-53-55-57-59-61-63-65-67-74(79)85-72(71-84-76(75(80)81)82-69-68-77(3,4)5)70-83-73(78)66-64-62-60-58-56-54-52-50-48-46-27-25-23-21-19-17-15-13-11-9-7-2/h8,10,14,16,20,22,26,28,30-31,33-34,36-37,39-40,72,76H,6-7,9,11-13,15,17-19,21,23-25,27,29,32,35,38,41-71H2,1-5H3/b10-8-,16-14-,22-20-,28-26-,31-30-,34-33-,37-36-,40-39-. The molecule has 0 aliphatic carbocycles. The molecule has 0 saturated carbocycles. The first-order valence-electron chi connectivity index (χ1n) is 35.4. The number of aliphatic carboxylic acids is 1. The Bertz CT molecular complexity index is 1720. The van der Waals surface area contributed by atoms with Gasteiger partial charge in [0.1, 0.15) is 13.2 Å². The quantitative estimate of drug-likeness (QED) is 0.0195. The molecule has 0 aliphatic rings. The molecule has 0 aromatic rings. The maximum absolute atomic E-state index is 12.9. The van der Waals surface area contributed by atoms with Crippen molar-refractivity contribution in [1.29, 1.82) is 0 Å². The van der Waals surface area contributed by atoms with Gasteiger partial charge >= 0.3 is 11.9 Å². The molecule has 0 aromatic heterocycles. The Kier molecular flexibility index (Phi) is 63.2. The third-order valence-corrected chi connectivity index (χ3v) is 15.3. The highest BCUT2D eigenvalue weighted by Gasteiger charge is 2.22. The molecule has 0 rings (SSSR count). The van der Waals surface area contributed by atoms with Crippen molar-refractivity contribution in [3.63, 3.8) is 0 Å². The van der Waals surface area contributed by atoms with E-state index in [0.717, 1.165) is 89.9 Å². The molecule has 0 fully saturated rings. The Morgan fingerprint density at radius 2 is 0.671 bits per heavy atom. The number of unbranched alkanes of at least 4 members (excludes halogenated alkanes) is 34. The first-order valence-corrected chi connectivity index (χ1v) is 35.4. The Morgan fingerprint density at radius 1 is 0.365 bits per heavy atom. The summed E-state index contributed by atoms with van der Waals surface area (Å²) < 4.78 is 22.8. The van der Waals surface area contributed by atoms with Crippen molar-refractivity contribution in [3.05, 3.63) is 97.2 Å². The Hall–Kier alpha value is -3.79. The van der Waals surface area contributed by atoms with Gasteiger partial charge in [-0.1, -0.05) is 317 Å². The number of carbonyl (C=O) groups excluding carboxylic acids is 3. The number of carboxylic acid groups (broad SMARTS) is 1. The molecule has 0 bridgehead atoms. The van der Waals surface area contributed by atoms with Gasteiger partial charge in [-0.25, -0.2) is 0 Å². The van der Waals surface area contributed by atoms with Gasteiger partial charge in [0.2, 0.25) is 0 Å². The van der Waals surface area contributed by atoms with E-state index >= 15 is 0 Å². The van der Waals surface area contributed by atoms with Gasteiger partial charge in [-0.05, 0) is 77.0 Å². The van der Waals surface area contributed by atoms with Gasteiger partial charge in [-0.2, -0.15) is 0 Å². The van der Waals surface area contributed by atoms with Gasteiger partial charge in [0.25, 0.3) is 0 Å². The van der Waals surface area contributed by atoms with E-state index in [1.54, 1.807) is 0 Å². The van der Waals surface area contributed by atoms with Crippen molar-refractivity contribution in [3.8, 4) is 0 Å². The molecule has 0 aromatic carbocycles. The van der Waals surface area contributed by atoms with E-state index in [1.165, 1.54) is 186 Å². The zero-order valence-corrected chi connectivity index (χ0v) is 56.0. The zero-order valence-electron chi connectivity index (χ0n) is 56.0. The molecular weight excluding hydrogens is 1050 g/mol. The lowest BCUT2D eigenvalue weighted by Crippen LogP contribution is -2.44. The molecule has 0 aliphatic heterocycles. The van der Waals surface area contributed by atoms with Crippen LogP contribution in [0.2, 0.25) is 0 Å². The van der Waals surface area contributed by atoms with E-state index < -0.39 is 24.3 Å². The minimum atomic E-state index is -1.62. The first-order chi connectivity index (χ1) is 41.6. The fraction of sp³-hybridized carbons (Fsp3) is 0.750. The molecule has 2 unspecified atom stereocenters. The van der Waals surface area contributed by atoms with E-state index in [4.69, 9.17) is 18.9 Å². The second kappa shape index (κ2) is 66.2. The van der Waals surface area contributed by atoms with Crippen molar-refractivity contribution in [2.75, 3.05) is 47.5 Å². The maximum atomic E-state index is 12.9. The average molecular weight is 1190 g/mol. The first kappa shape index (κ1) is 81.2. The van der Waals surface area contributed by atoms with E-state index in [2.05, 4.69) is 111 Å². The number of likely N-dealkylation sites (N-methyl/N-ethyl adjacent to an activating group) is 1. The summed E-state index contributed by atoms with van der Waals surface area (Å²) in [6.45, 7) is 4.67. The molecule has 85 heavy (non-hydrogen) atoms. The van der Waals surface area contributed by atoms with Crippen LogP contribution in [-0.4, -0.2) is 82.3 Å². The molecule has 9 heteroatoms. The third kappa shape index (κ3) is 67.6. The van der Waals surface area contributed by atoms with Crippen LogP contribution in [0.5, 0.6) is 0 Å². The molecule has 9 nitrogen and oxygen atoms in total. The van der Waals surface area contributed by atoms with Gasteiger partial charge in [-0.15, -0.1) is 0 Å². The normalized spacial score (nSPS) is 13.3. The van der Waals surface area contributed by atoms with Crippen molar-refractivity contribution in [2.24, 2.45) is 0 Å². The average Bonchev–Trinajstić information content (AvgIpc) is 3.49. The molecule has 0 amide bonds. The number of allylic oxidation sites excluding steroid dienone is 16. The lowest BCUT2D eigenvalue weighted by molar-refractivity contribution is -0.870. The van der Waals surface area contributed by atoms with Crippen LogP contribution in [0, 0.1) is 0 Å². The molecule has 0 radical (unpaired) electrons. The lowest BCUT2D eigenvalue weighted by Gasteiger charge is -2.26. The number of hydrogen-bond acceptors (Lipinski definition) is 8. The zero-order chi connectivity index (χ0) is 61.9. The number of esters is 2. The van der Waals surface area contributed by atoms with Crippen LogP contribution >= 0.6 is 0 Å². The summed E-state index contributed by atoms with van der Waals surface area (Å²) >= 11 is 0. The van der Waals surface area contributed by atoms with Crippen LogP contribution in [-0.2, 0) is 33.3 Å². The largest absolute Gasteiger partial charge is 0.545 e. The molecule has 2 atom stereocenters. The summed E-state index contributed by atoms with van der Waals surface area (Å²) in [7, 11) is 5.93. The summed E-state index contributed by atoms with van der Waals surface area (Å²) in [6, 6.07) is 0. The van der Waals surface area contributed by atoms with Gasteiger partial charge in [-0.3, -0.25) is 9.59 Å². The Morgan fingerprint density at radius 3 is 1.00 bits per heavy atom. The highest BCUT2D eigenvalue weighted by Crippen LogP contribution is 2.18. The highest BCUT2D eigenvalue weighted by molar-refractivity contribution is 5.70. The summed E-state index contributed by atoms with van der Waals surface area (Å²) in [5.74, 6) is -2.27. The van der Waals surface area contributed by atoms with Gasteiger partial charge < -0.3 is 33.3 Å². The van der Waals surface area contributed by atoms with Crippen LogP contribution in [0.25, 0.3) is 0 Å². The van der Waals surface area contributed by atoms with Crippen LogP contribution < -0.4 is 5.11 Å². The molecule has 0 spiro atoms. The SMILES string of the molecule is CC/C=C\C/C=C\C/C=C\C/C=C\C/C=C\C/C=C\C/C=C\C/C=C\CCCCCCCCCCCCCCCCC(=O)OC(COC(=O)CCCCCCCCCCCCCCCCCCCCCCC)COC(OCC[N+](C)(C)C)C(=O)[O-]. The van der Waals surface area contributed by atoms with Gasteiger partial charge in [0.15, 0.2) is 12.4 Å². The number of carbonyl (C=O) groups is 3. The second-order valence-electron chi connectivity index (χ2n) is 24.8. The smallest absolute Gasteiger partial charge is 0.306 e. The molecule has 0 N–H and O–H groups in total. The summed E-state index contributed by atoms with van der Waals surface area (Å²) in [5, 5.41) is 11.8. The Balaban J connectivity index is 4.08. The molecule has 0 heterocycles. The predicted octanol–water partition coefficient (Wildman–Crippen LogP) is 20.7. The van der Waals surface area contributed by atoms with Gasteiger partial charge in [0.05, 0.1) is 40.3 Å². The molecule has 490 valence electrons. The van der Waals surface area contributed by atoms with Gasteiger partial charge in [0, 0.05) is 12.8 Å². The van der Waals surface area contributed by atoms with E-state index in [9.17, 15) is 19.5 Å². The Labute approximate surface area is 524 Å². The van der Waals surface area contributed by atoms with E-state index in [1.807, 2.05) is 21.1 Å². The fourth-order valence-corrected chi connectivity index (χ4v) is 9.97. The maximum Gasteiger partial charge on any atom is 0.306 e. The number of nitrogens with zero attached hydrogens (tertiary/aromatic N) is 1. The lowest BCUT2D eigenvalue weighted by atomic mass is 10.0. The topological polar surface area (TPSA) is 111 Å². The fourth-order valence-electron chi connectivity index (χ4n) is 9.97. The molecular formula is C76H133NO8. The van der Waals surface area contributed by atoms with Crippen LogP contribution in [0.3, 0.4) is 0 Å². The number of carboxylic acids is 1. The summed E-state index contributed by atoms with van der Waals surface area (Å²) in [4.78, 5) is 37.5. The second-order valence-corrected chi connectivity index (χ2v) is 24.8. The summed E-state index contributed by atoms with van der Waals surface area (Å²) in [6.07, 6.45) is 87.7. The van der Waals surface area contributed by atoms with E-state index in [0.29, 0.717) is 23.9 Å².